The van der Waals surface area contributed by atoms with Crippen molar-refractivity contribution in [1.29, 1.82) is 0 Å². The van der Waals surface area contributed by atoms with Gasteiger partial charge in [0.2, 0.25) is 0 Å². The number of hydrogen-bond donors (Lipinski definition) is 0. The van der Waals surface area contributed by atoms with Crippen LogP contribution in [0, 0.1) is 99.3 Å². The van der Waals surface area contributed by atoms with Gasteiger partial charge in [-0.05, 0) is 291 Å². The summed E-state index contributed by atoms with van der Waals surface area (Å²) in [6.07, 6.45) is 24.8. The lowest BCUT2D eigenvalue weighted by Gasteiger charge is -2.23. The Hall–Kier alpha value is -7.80. The Balaban J connectivity index is 0.000000203. The molecule has 0 aromatic heterocycles. The molecule has 0 amide bonds. The zero-order valence-electron chi connectivity index (χ0n) is 76.7. The Morgan fingerprint density at radius 1 is 0.248 bits per heavy atom. The third-order valence-electron chi connectivity index (χ3n) is 22.7. The molecule has 0 unspecified atom stereocenters. The van der Waals surface area contributed by atoms with Gasteiger partial charge in [0, 0.05) is 0 Å². The highest BCUT2D eigenvalue weighted by atomic mass is 14.3. The van der Waals surface area contributed by atoms with E-state index in [0.29, 0.717) is 16.2 Å². The average molecular weight is 1510 g/mol. The van der Waals surface area contributed by atoms with Crippen molar-refractivity contribution in [3.05, 3.63) is 330 Å². The zero-order valence-corrected chi connectivity index (χ0v) is 76.7. The van der Waals surface area contributed by atoms with Gasteiger partial charge in [0.25, 0.3) is 0 Å². The molecule has 10 aromatic carbocycles. The molecule has 0 heteroatoms. The summed E-state index contributed by atoms with van der Waals surface area (Å²) in [7, 11) is 0. The highest BCUT2D eigenvalue weighted by Crippen LogP contribution is 2.39. The van der Waals surface area contributed by atoms with Crippen LogP contribution in [-0.2, 0) is 30.1 Å². The van der Waals surface area contributed by atoms with E-state index in [9.17, 15) is 0 Å². The maximum atomic E-state index is 2.36. The van der Waals surface area contributed by atoms with Crippen molar-refractivity contribution >= 4 is 0 Å². The minimum Gasteiger partial charge on any atom is -0.0620 e. The maximum absolute atomic E-state index is 2.36. The molecule has 0 heterocycles. The van der Waals surface area contributed by atoms with Gasteiger partial charge in [-0.3, -0.25) is 0 Å². The summed E-state index contributed by atoms with van der Waals surface area (Å²) < 4.78 is 0. The third-order valence-corrected chi connectivity index (χ3v) is 22.7. The summed E-state index contributed by atoms with van der Waals surface area (Å²) in [4.78, 5) is 0. The van der Waals surface area contributed by atoms with Crippen molar-refractivity contribution < 1.29 is 0 Å². The Morgan fingerprint density at radius 2 is 0.628 bits per heavy atom. The second-order valence-electron chi connectivity index (χ2n) is 40.0. The van der Waals surface area contributed by atoms with Gasteiger partial charge in [0.1, 0.15) is 0 Å². The average Bonchev–Trinajstić information content (AvgIpc) is 0.794. The molecule has 608 valence electrons. The highest BCUT2D eigenvalue weighted by molar-refractivity contribution is 5.74. The Kier molecular flexibility index (Phi) is 37.4. The largest absolute Gasteiger partial charge is 0.0620 e. The molecule has 0 bridgehead atoms. The Bertz CT molecular complexity index is 4360. The lowest BCUT2D eigenvalue weighted by atomic mass is 9.82. The molecule has 10 aromatic rings. The summed E-state index contributed by atoms with van der Waals surface area (Å²) >= 11 is 0. The van der Waals surface area contributed by atoms with Crippen molar-refractivity contribution in [2.24, 2.45) is 16.2 Å². The van der Waals surface area contributed by atoms with Crippen LogP contribution in [0.3, 0.4) is 0 Å². The van der Waals surface area contributed by atoms with Crippen LogP contribution in [0.2, 0.25) is 0 Å². The standard InChI is InChI=1S/2C19H24.3C13H18.3C12H18/c1-13-8-7-9-16(10-13)18-14(2)11-17(12-15(18)3)19(4,5)6;1-13-9-7-8-10-17(13)18-14(2)11-16(12-15(18)3)19(4,5)6;1-11-7-5-6-10-13(11)12-8-3-2-4-9-12;1-11-6-5-9-13(10-11)12-7-3-2-4-8-12;1-11-7-9-13(10-8-11)12-5-3-2-4-6-12;1-10-5-7-11(8-6-10)9-12(2,3)4;1-10-6-5-7-11(8-10)9-12(2,3)4;1-10-7-5-6-8-11(10)9-12(2,3)4/h2*7-12H,1-6H3;5-7,10,12H,2-4,8-9H2,1H3;5-6,9-10,12H,2-4,7-8H2,1H3;7-10,12H,2-6H2,1H3;3*5-8H,9H2,1-4H3. The normalized spacial score (nSPS) is 14.2. The van der Waals surface area contributed by atoms with Crippen LogP contribution in [-0.4, -0.2) is 0 Å². The molecule has 113 heavy (non-hydrogen) atoms. The van der Waals surface area contributed by atoms with Gasteiger partial charge in [-0.25, -0.2) is 0 Å². The van der Waals surface area contributed by atoms with Crippen molar-refractivity contribution in [3.8, 4) is 22.3 Å². The van der Waals surface area contributed by atoms with E-state index in [1.807, 2.05) is 0 Å². The summed E-state index contributed by atoms with van der Waals surface area (Å²) in [6, 6.07) is 80.0. The molecular formula is C113H156. The summed E-state index contributed by atoms with van der Waals surface area (Å²) in [5.74, 6) is 2.57. The highest BCUT2D eigenvalue weighted by Gasteiger charge is 2.22. The monoisotopic (exact) mass is 1510 g/mol. The fraction of sp³-hybridized carbons (Fsp3) is 0.469. The van der Waals surface area contributed by atoms with E-state index in [1.54, 1.807) is 16.7 Å². The molecular weight excluding hydrogens is 1360 g/mol. The van der Waals surface area contributed by atoms with E-state index in [0.717, 1.165) is 30.6 Å². The van der Waals surface area contributed by atoms with E-state index in [-0.39, 0.29) is 10.8 Å². The molecule has 0 radical (unpaired) electrons. The van der Waals surface area contributed by atoms with Gasteiger partial charge < -0.3 is 0 Å². The fourth-order valence-corrected chi connectivity index (χ4v) is 16.6. The van der Waals surface area contributed by atoms with E-state index in [1.165, 1.54) is 220 Å². The van der Waals surface area contributed by atoms with Crippen LogP contribution < -0.4 is 0 Å². The van der Waals surface area contributed by atoms with Crippen molar-refractivity contribution in [2.45, 2.75) is 331 Å². The van der Waals surface area contributed by atoms with E-state index < -0.39 is 0 Å². The quantitative estimate of drug-likeness (QED) is 0.142. The topological polar surface area (TPSA) is 0 Å². The van der Waals surface area contributed by atoms with Crippen LogP contribution >= 0.6 is 0 Å². The molecule has 0 spiro atoms. The molecule has 0 atom stereocenters. The number of rotatable bonds is 8. The first kappa shape index (κ1) is 94.1. The lowest BCUT2D eigenvalue weighted by molar-refractivity contribution is 0.410. The fourth-order valence-electron chi connectivity index (χ4n) is 16.6. The predicted octanol–water partition coefficient (Wildman–Crippen LogP) is 34.0. The SMILES string of the molecule is Cc1ccc(C2CCCCC2)cc1.Cc1ccc(CC(C)(C)C)cc1.Cc1cccc(-c2c(C)cc(C(C)(C)C)cc2C)c1.Cc1cccc(C2CCCCC2)c1.Cc1cccc(CC(C)(C)C)c1.Cc1ccccc1-c1c(C)cc(C(C)(C)C)cc1C.Cc1ccccc1C1CCCCC1.Cc1ccccc1CC(C)(C)C. The molecule has 3 saturated carbocycles. The molecule has 3 fully saturated rings. The van der Waals surface area contributed by atoms with Crippen molar-refractivity contribution in [1.82, 2.24) is 0 Å². The third kappa shape index (κ3) is 34.3. The minimum atomic E-state index is 0.208. The zero-order chi connectivity index (χ0) is 83.3. The Morgan fingerprint density at radius 3 is 1.06 bits per heavy atom. The maximum Gasteiger partial charge on any atom is -0.0123 e. The molecule has 3 aliphatic rings. The van der Waals surface area contributed by atoms with Crippen LogP contribution in [0.15, 0.2) is 218 Å². The van der Waals surface area contributed by atoms with Crippen molar-refractivity contribution in [3.63, 3.8) is 0 Å². The van der Waals surface area contributed by atoms with Gasteiger partial charge in [0.15, 0.2) is 0 Å². The van der Waals surface area contributed by atoms with Gasteiger partial charge in [-0.1, -0.05) is 408 Å². The van der Waals surface area contributed by atoms with Crippen LogP contribution in [0.5, 0.6) is 0 Å². The summed E-state index contributed by atoms with van der Waals surface area (Å²) in [6.45, 7) is 60.4. The van der Waals surface area contributed by atoms with Gasteiger partial charge in [-0.2, -0.15) is 0 Å². The predicted molar refractivity (Wildman–Crippen MR) is 504 cm³/mol. The number of benzene rings is 10. The van der Waals surface area contributed by atoms with Gasteiger partial charge in [0.05, 0.1) is 0 Å². The van der Waals surface area contributed by atoms with Crippen LogP contribution in [0.1, 0.15) is 329 Å². The first-order valence-electron chi connectivity index (χ1n) is 43.8. The smallest absolute Gasteiger partial charge is 0.0123 e. The summed E-state index contributed by atoms with van der Waals surface area (Å²) in [5.41, 5.74) is 35.5. The first-order valence-corrected chi connectivity index (χ1v) is 43.8. The molecule has 0 N–H and O–H groups in total. The van der Waals surface area contributed by atoms with Crippen LogP contribution in [0.25, 0.3) is 22.3 Å². The molecule has 0 aliphatic heterocycles. The molecule has 0 saturated heterocycles. The minimum absolute atomic E-state index is 0.208. The van der Waals surface area contributed by atoms with Crippen LogP contribution in [0.4, 0.5) is 0 Å². The Labute approximate surface area is 694 Å². The molecule has 13 rings (SSSR count). The number of hydrogen-bond acceptors (Lipinski definition) is 0. The second-order valence-corrected chi connectivity index (χ2v) is 40.0. The second kappa shape index (κ2) is 44.9. The van der Waals surface area contributed by atoms with Crippen molar-refractivity contribution in [2.75, 3.05) is 0 Å². The lowest BCUT2D eigenvalue weighted by Crippen LogP contribution is -2.12. The van der Waals surface area contributed by atoms with E-state index in [4.69, 9.17) is 0 Å². The molecule has 3 aliphatic carbocycles. The number of aryl methyl sites for hydroxylation is 12. The summed E-state index contributed by atoms with van der Waals surface area (Å²) in [5, 5.41) is 0. The molecule has 0 nitrogen and oxygen atoms in total. The van der Waals surface area contributed by atoms with Gasteiger partial charge in [-0.15, -0.1) is 0 Å². The van der Waals surface area contributed by atoms with Gasteiger partial charge >= 0.3 is 0 Å². The first-order chi connectivity index (χ1) is 53.1. The van der Waals surface area contributed by atoms with E-state index >= 15 is 0 Å². The van der Waals surface area contributed by atoms with E-state index in [2.05, 4.69) is 405 Å².